The molecule has 0 spiro atoms. The maximum atomic E-state index is 12.4. The highest BCUT2D eigenvalue weighted by molar-refractivity contribution is 8.00. The minimum absolute atomic E-state index is 0.179. The molecule has 1 heterocycles. The molecule has 4 nitrogen and oxygen atoms in total. The van der Waals surface area contributed by atoms with E-state index in [0.29, 0.717) is 15.1 Å². The van der Waals surface area contributed by atoms with E-state index in [1.807, 2.05) is 55.7 Å². The highest BCUT2D eigenvalue weighted by Gasteiger charge is 2.14. The van der Waals surface area contributed by atoms with Crippen molar-refractivity contribution in [1.82, 2.24) is 9.99 Å². The number of aromatic nitrogens is 1. The summed E-state index contributed by atoms with van der Waals surface area (Å²) in [5.41, 5.74) is 6.34. The minimum atomic E-state index is -0.302. The number of amides is 1. The second-order valence-electron chi connectivity index (χ2n) is 6.74. The van der Waals surface area contributed by atoms with Crippen molar-refractivity contribution in [3.8, 4) is 5.69 Å². The average Bonchev–Trinajstić information content (AvgIpc) is 2.96. The first-order valence-corrected chi connectivity index (χ1v) is 11.2. The van der Waals surface area contributed by atoms with Gasteiger partial charge in [-0.25, -0.2) is 5.43 Å². The summed E-state index contributed by atoms with van der Waals surface area (Å²) in [5.74, 6) is -0.179. The Bertz CT molecular complexity index is 1070. The Labute approximate surface area is 195 Å². The third-order valence-corrected chi connectivity index (χ3v) is 6.25. The van der Waals surface area contributed by atoms with Gasteiger partial charge in [-0.05, 0) is 69.3 Å². The number of benzene rings is 2. The summed E-state index contributed by atoms with van der Waals surface area (Å²) in [4.78, 5) is 13.3. The highest BCUT2D eigenvalue weighted by atomic mass is 35.5. The van der Waals surface area contributed by atoms with Crippen molar-refractivity contribution in [2.75, 3.05) is 0 Å². The van der Waals surface area contributed by atoms with Crippen LogP contribution in [0.1, 0.15) is 23.9 Å². The topological polar surface area (TPSA) is 46.4 Å². The Kier molecular flexibility index (Phi) is 7.53. The number of nitrogens with one attached hydrogen (secondary N) is 1. The second kappa shape index (κ2) is 9.92. The van der Waals surface area contributed by atoms with Crippen molar-refractivity contribution in [1.29, 1.82) is 0 Å². The number of hydrazone groups is 1. The molecule has 0 bridgehead atoms. The highest BCUT2D eigenvalue weighted by Crippen LogP contribution is 2.26. The molecule has 1 amide bonds. The van der Waals surface area contributed by atoms with Gasteiger partial charge >= 0.3 is 0 Å². The van der Waals surface area contributed by atoms with E-state index in [0.717, 1.165) is 27.5 Å². The van der Waals surface area contributed by atoms with E-state index in [-0.39, 0.29) is 11.2 Å². The van der Waals surface area contributed by atoms with Crippen LogP contribution in [0.5, 0.6) is 0 Å². The summed E-state index contributed by atoms with van der Waals surface area (Å²) in [5, 5.41) is 5.64. The predicted molar refractivity (Wildman–Crippen MR) is 128 cm³/mol. The number of nitrogens with zero attached hydrogens (tertiary/aromatic N) is 2. The molecule has 3 aromatic rings. The molecule has 156 valence electrons. The number of hydrogen-bond donors (Lipinski definition) is 1. The van der Waals surface area contributed by atoms with Gasteiger partial charge in [0.05, 0.1) is 11.5 Å². The van der Waals surface area contributed by atoms with Crippen LogP contribution in [-0.4, -0.2) is 21.9 Å². The van der Waals surface area contributed by atoms with Gasteiger partial charge < -0.3 is 4.57 Å². The van der Waals surface area contributed by atoms with Crippen LogP contribution >= 0.6 is 46.6 Å². The van der Waals surface area contributed by atoms with Crippen LogP contribution in [0.4, 0.5) is 0 Å². The van der Waals surface area contributed by atoms with Crippen LogP contribution in [0.2, 0.25) is 15.1 Å². The van der Waals surface area contributed by atoms with Gasteiger partial charge in [-0.1, -0.05) is 34.8 Å². The zero-order valence-corrected chi connectivity index (χ0v) is 19.7. The number of thioether (sulfide) groups is 1. The van der Waals surface area contributed by atoms with Crippen LogP contribution in [0.25, 0.3) is 5.69 Å². The molecule has 0 saturated heterocycles. The molecule has 0 radical (unpaired) electrons. The maximum Gasteiger partial charge on any atom is 0.253 e. The fourth-order valence-corrected chi connectivity index (χ4v) is 4.51. The molecule has 0 aliphatic heterocycles. The van der Waals surface area contributed by atoms with Crippen molar-refractivity contribution >= 4 is 58.7 Å². The van der Waals surface area contributed by atoms with Crippen LogP contribution in [0, 0.1) is 13.8 Å². The van der Waals surface area contributed by atoms with E-state index in [1.165, 1.54) is 11.8 Å². The molecule has 2 aromatic carbocycles. The van der Waals surface area contributed by atoms with E-state index in [1.54, 1.807) is 24.4 Å². The monoisotopic (exact) mass is 479 g/mol. The van der Waals surface area contributed by atoms with Gasteiger partial charge in [-0.2, -0.15) is 5.10 Å². The number of halogens is 3. The van der Waals surface area contributed by atoms with E-state index in [2.05, 4.69) is 10.5 Å². The number of aryl methyl sites for hydroxylation is 1. The number of rotatable bonds is 6. The first-order chi connectivity index (χ1) is 14.2. The summed E-state index contributed by atoms with van der Waals surface area (Å²) in [7, 11) is 0. The normalized spacial score (nSPS) is 12.3. The maximum absolute atomic E-state index is 12.4. The lowest BCUT2D eigenvalue weighted by Gasteiger charge is -2.11. The number of carbonyl (C=O) groups is 1. The van der Waals surface area contributed by atoms with Gasteiger partial charge in [0, 0.05) is 42.6 Å². The Hall–Kier alpha value is -1.92. The minimum Gasteiger partial charge on any atom is -0.318 e. The molecule has 1 N–H and O–H groups in total. The molecule has 1 unspecified atom stereocenters. The summed E-state index contributed by atoms with van der Waals surface area (Å²) >= 11 is 19.6. The van der Waals surface area contributed by atoms with Crippen LogP contribution < -0.4 is 5.43 Å². The Balaban J connectivity index is 1.69. The molecule has 1 atom stereocenters. The first kappa shape index (κ1) is 22.8. The third-order valence-electron chi connectivity index (χ3n) is 4.45. The lowest BCUT2D eigenvalue weighted by atomic mass is 10.2. The molecule has 8 heteroatoms. The zero-order chi connectivity index (χ0) is 21.8. The molecule has 0 aliphatic rings. The van der Waals surface area contributed by atoms with Gasteiger partial charge in [-0.3, -0.25) is 4.79 Å². The molecule has 30 heavy (non-hydrogen) atoms. The molecule has 0 saturated carbocycles. The summed E-state index contributed by atoms with van der Waals surface area (Å²) in [6.07, 6.45) is 1.64. The van der Waals surface area contributed by atoms with Crippen LogP contribution in [0.15, 0.2) is 58.5 Å². The quantitative estimate of drug-likeness (QED) is 0.243. The number of hydrogen-bond acceptors (Lipinski definition) is 3. The van der Waals surface area contributed by atoms with Crippen molar-refractivity contribution in [3.63, 3.8) is 0 Å². The third kappa shape index (κ3) is 5.61. The SMILES string of the molecule is Cc1cc(/C=N/NC(=O)C(C)Sc2ccc(Cl)cc2)c(C)n1-c1cc(Cl)cc(Cl)c1. The average molecular weight is 481 g/mol. The zero-order valence-electron chi connectivity index (χ0n) is 16.6. The fraction of sp³-hybridized carbons (Fsp3) is 0.182. The summed E-state index contributed by atoms with van der Waals surface area (Å²) in [6, 6.07) is 14.8. The van der Waals surface area contributed by atoms with E-state index in [9.17, 15) is 4.79 Å². The van der Waals surface area contributed by atoms with Gasteiger partial charge in [0.25, 0.3) is 5.91 Å². The van der Waals surface area contributed by atoms with E-state index in [4.69, 9.17) is 34.8 Å². The van der Waals surface area contributed by atoms with Gasteiger partial charge in [0.2, 0.25) is 0 Å². The van der Waals surface area contributed by atoms with Crippen molar-refractivity contribution in [2.24, 2.45) is 5.10 Å². The molecular weight excluding hydrogens is 461 g/mol. The van der Waals surface area contributed by atoms with E-state index >= 15 is 0 Å². The molecular formula is C22H20Cl3N3OS. The second-order valence-corrected chi connectivity index (χ2v) is 9.46. The van der Waals surface area contributed by atoms with Gasteiger partial charge in [-0.15, -0.1) is 11.8 Å². The Morgan fingerprint density at radius 1 is 1.03 bits per heavy atom. The van der Waals surface area contributed by atoms with Crippen molar-refractivity contribution in [3.05, 3.63) is 80.6 Å². The first-order valence-electron chi connectivity index (χ1n) is 9.15. The van der Waals surface area contributed by atoms with Crippen molar-refractivity contribution in [2.45, 2.75) is 30.9 Å². The lowest BCUT2D eigenvalue weighted by molar-refractivity contribution is -0.120. The van der Waals surface area contributed by atoms with Gasteiger partial charge in [0.15, 0.2) is 0 Å². The molecule has 0 aliphatic carbocycles. The standard InChI is InChI=1S/C22H20Cl3N3OS/c1-13-8-16(14(2)28(13)20-10-18(24)9-19(25)11-20)12-26-27-22(29)15(3)30-21-6-4-17(23)5-7-21/h4-12,15H,1-3H3,(H,27,29)/b26-12+. The van der Waals surface area contributed by atoms with Crippen LogP contribution in [-0.2, 0) is 4.79 Å². The lowest BCUT2D eigenvalue weighted by Crippen LogP contribution is -2.26. The van der Waals surface area contributed by atoms with E-state index < -0.39 is 0 Å². The number of carbonyl (C=O) groups excluding carboxylic acids is 1. The van der Waals surface area contributed by atoms with Crippen LogP contribution in [0.3, 0.4) is 0 Å². The Morgan fingerprint density at radius 3 is 2.30 bits per heavy atom. The summed E-state index contributed by atoms with van der Waals surface area (Å²) in [6.45, 7) is 5.80. The molecule has 0 fully saturated rings. The predicted octanol–water partition coefficient (Wildman–Crippen LogP) is 6.69. The smallest absolute Gasteiger partial charge is 0.253 e. The Morgan fingerprint density at radius 2 is 1.67 bits per heavy atom. The fourth-order valence-electron chi connectivity index (χ4n) is 3.01. The largest absolute Gasteiger partial charge is 0.318 e. The van der Waals surface area contributed by atoms with Gasteiger partial charge in [0.1, 0.15) is 0 Å². The molecule has 1 aromatic heterocycles. The molecule has 3 rings (SSSR count). The summed E-state index contributed by atoms with van der Waals surface area (Å²) < 4.78 is 2.04. The van der Waals surface area contributed by atoms with Crippen molar-refractivity contribution < 1.29 is 4.79 Å².